The zero-order valence-corrected chi connectivity index (χ0v) is 14.6. The predicted octanol–water partition coefficient (Wildman–Crippen LogP) is -1.71. The second kappa shape index (κ2) is 12.8. The van der Waals surface area contributed by atoms with Crippen LogP contribution in [0, 0.1) is 0 Å². The number of aliphatic hydroxyl groups is 3. The maximum absolute atomic E-state index is 11.3. The molecular formula is C14H26N4O8. The van der Waals surface area contributed by atoms with E-state index in [4.69, 9.17) is 24.5 Å². The highest BCUT2D eigenvalue weighted by Gasteiger charge is 2.45. The van der Waals surface area contributed by atoms with Crippen molar-refractivity contribution < 1.29 is 39.1 Å². The van der Waals surface area contributed by atoms with E-state index in [1.165, 1.54) is 6.92 Å². The number of hydrogen-bond acceptors (Lipinski definition) is 9. The van der Waals surface area contributed by atoms with E-state index in [2.05, 4.69) is 15.3 Å². The quantitative estimate of drug-likeness (QED) is 0.134. The van der Waals surface area contributed by atoms with E-state index in [0.717, 1.165) is 0 Å². The molecule has 0 aromatic heterocycles. The first kappa shape index (κ1) is 22.5. The van der Waals surface area contributed by atoms with Gasteiger partial charge in [0, 0.05) is 18.4 Å². The monoisotopic (exact) mass is 378 g/mol. The van der Waals surface area contributed by atoms with Crippen LogP contribution in [0.3, 0.4) is 0 Å². The van der Waals surface area contributed by atoms with Crippen LogP contribution in [0.1, 0.15) is 6.92 Å². The molecule has 1 rings (SSSR count). The summed E-state index contributed by atoms with van der Waals surface area (Å²) in [4.78, 5) is 13.9. The largest absolute Gasteiger partial charge is 0.394 e. The third kappa shape index (κ3) is 7.81. The average Bonchev–Trinajstić information content (AvgIpc) is 2.62. The second-order valence-electron chi connectivity index (χ2n) is 5.48. The van der Waals surface area contributed by atoms with Crippen molar-refractivity contribution in [1.29, 1.82) is 0 Å². The van der Waals surface area contributed by atoms with Gasteiger partial charge >= 0.3 is 0 Å². The standard InChI is InChI=1S/C14H26N4O8/c1-9(20)17-11-13(22)12(21)10(8-19)26-14(11)25-7-6-24-5-4-23-3-2-16-18-15/h10-14,19,21-22H,2-8H2,1H3,(H,17,20)/t10?,11?,12-,13+,14-/m0/s1. The summed E-state index contributed by atoms with van der Waals surface area (Å²) in [6.45, 7) is 2.25. The van der Waals surface area contributed by atoms with Crippen LogP contribution in [-0.4, -0.2) is 98.1 Å². The molecule has 5 atom stereocenters. The molecule has 0 saturated carbocycles. The number of nitrogens with one attached hydrogen (secondary N) is 1. The van der Waals surface area contributed by atoms with E-state index in [1.807, 2.05) is 0 Å². The highest BCUT2D eigenvalue weighted by molar-refractivity contribution is 5.73. The first-order valence-corrected chi connectivity index (χ1v) is 8.18. The lowest BCUT2D eigenvalue weighted by Gasteiger charge is -2.42. The van der Waals surface area contributed by atoms with Crippen LogP contribution in [0.5, 0.6) is 0 Å². The van der Waals surface area contributed by atoms with Gasteiger partial charge in [-0.15, -0.1) is 0 Å². The van der Waals surface area contributed by atoms with Crippen molar-refractivity contribution in [3.8, 4) is 0 Å². The van der Waals surface area contributed by atoms with Crippen LogP contribution in [-0.2, 0) is 23.7 Å². The Bertz CT molecular complexity index is 462. The van der Waals surface area contributed by atoms with Gasteiger partial charge < -0.3 is 39.6 Å². The molecular weight excluding hydrogens is 352 g/mol. The Hall–Kier alpha value is -1.50. The van der Waals surface area contributed by atoms with Gasteiger partial charge in [-0.05, 0) is 5.53 Å². The number of carbonyl (C=O) groups excluding carboxylic acids is 1. The second-order valence-corrected chi connectivity index (χ2v) is 5.48. The van der Waals surface area contributed by atoms with Crippen molar-refractivity contribution in [3.63, 3.8) is 0 Å². The van der Waals surface area contributed by atoms with Crippen molar-refractivity contribution in [1.82, 2.24) is 5.32 Å². The Morgan fingerprint density at radius 1 is 1.19 bits per heavy atom. The highest BCUT2D eigenvalue weighted by atomic mass is 16.7. The number of nitrogens with zero attached hydrogens (tertiary/aromatic N) is 3. The zero-order chi connectivity index (χ0) is 19.4. The van der Waals surface area contributed by atoms with Gasteiger partial charge in [0.05, 0.1) is 39.6 Å². The van der Waals surface area contributed by atoms with Crippen LogP contribution in [0.15, 0.2) is 5.11 Å². The van der Waals surface area contributed by atoms with Crippen molar-refractivity contribution in [3.05, 3.63) is 10.4 Å². The fourth-order valence-electron chi connectivity index (χ4n) is 2.31. The van der Waals surface area contributed by atoms with E-state index >= 15 is 0 Å². The molecule has 0 bridgehead atoms. The first-order valence-electron chi connectivity index (χ1n) is 8.18. The Kier molecular flexibility index (Phi) is 11.1. The molecule has 4 N–H and O–H groups in total. The average molecular weight is 378 g/mol. The number of rotatable bonds is 12. The van der Waals surface area contributed by atoms with Crippen LogP contribution >= 0.6 is 0 Å². The minimum absolute atomic E-state index is 0.0977. The number of amides is 1. The Morgan fingerprint density at radius 2 is 1.85 bits per heavy atom. The molecule has 1 aliphatic heterocycles. The summed E-state index contributed by atoms with van der Waals surface area (Å²) in [5, 5.41) is 35.0. The van der Waals surface area contributed by atoms with Gasteiger partial charge in [0.15, 0.2) is 6.29 Å². The minimum Gasteiger partial charge on any atom is -0.394 e. The lowest BCUT2D eigenvalue weighted by Crippen LogP contribution is -2.64. The van der Waals surface area contributed by atoms with Gasteiger partial charge in [0.25, 0.3) is 0 Å². The minimum atomic E-state index is -1.35. The molecule has 1 heterocycles. The molecule has 150 valence electrons. The van der Waals surface area contributed by atoms with Gasteiger partial charge in [0.1, 0.15) is 24.4 Å². The van der Waals surface area contributed by atoms with Crippen LogP contribution in [0.2, 0.25) is 0 Å². The van der Waals surface area contributed by atoms with E-state index in [0.29, 0.717) is 19.8 Å². The van der Waals surface area contributed by atoms with E-state index in [9.17, 15) is 20.1 Å². The SMILES string of the molecule is CC(=O)NC1[C@@H](OCCOCCOCCN=[N+]=[N-])OC(CO)[C@H](O)[C@@H]1O. The molecule has 1 fully saturated rings. The molecule has 0 aromatic rings. The fourth-order valence-corrected chi connectivity index (χ4v) is 2.31. The van der Waals surface area contributed by atoms with Crippen molar-refractivity contribution >= 4 is 5.91 Å². The van der Waals surface area contributed by atoms with Gasteiger partial charge in [-0.2, -0.15) is 0 Å². The summed E-state index contributed by atoms with van der Waals surface area (Å²) in [5.74, 6) is -0.421. The van der Waals surface area contributed by atoms with Crippen molar-refractivity contribution in [2.45, 2.75) is 37.6 Å². The smallest absolute Gasteiger partial charge is 0.217 e. The van der Waals surface area contributed by atoms with Gasteiger partial charge in [0.2, 0.25) is 5.91 Å². The molecule has 12 nitrogen and oxygen atoms in total. The number of ether oxygens (including phenoxy) is 4. The Labute approximate surface area is 150 Å². The summed E-state index contributed by atoms with van der Waals surface area (Å²) in [7, 11) is 0. The Morgan fingerprint density at radius 3 is 2.46 bits per heavy atom. The van der Waals surface area contributed by atoms with Crippen LogP contribution in [0.25, 0.3) is 10.4 Å². The summed E-state index contributed by atoms with van der Waals surface area (Å²) in [5.41, 5.74) is 8.09. The van der Waals surface area contributed by atoms with Gasteiger partial charge in [-0.1, -0.05) is 5.11 Å². The predicted molar refractivity (Wildman–Crippen MR) is 87.0 cm³/mol. The Balaban J connectivity index is 2.30. The van der Waals surface area contributed by atoms with E-state index < -0.39 is 43.2 Å². The maximum Gasteiger partial charge on any atom is 0.217 e. The third-order valence-corrected chi connectivity index (χ3v) is 3.53. The first-order chi connectivity index (χ1) is 12.5. The fraction of sp³-hybridized carbons (Fsp3) is 0.929. The normalized spacial score (nSPS) is 28.4. The molecule has 0 radical (unpaired) electrons. The molecule has 0 aromatic carbocycles. The van der Waals surface area contributed by atoms with E-state index in [1.54, 1.807) is 0 Å². The summed E-state index contributed by atoms with van der Waals surface area (Å²) >= 11 is 0. The maximum atomic E-state index is 11.3. The summed E-state index contributed by atoms with van der Waals surface area (Å²) in [6, 6.07) is -0.977. The third-order valence-electron chi connectivity index (χ3n) is 3.53. The highest BCUT2D eigenvalue weighted by Crippen LogP contribution is 2.22. The summed E-state index contributed by atoms with van der Waals surface area (Å²) < 4.78 is 21.3. The lowest BCUT2D eigenvalue weighted by atomic mass is 9.97. The molecule has 1 amide bonds. The molecule has 1 saturated heterocycles. The van der Waals surface area contributed by atoms with Gasteiger partial charge in [-0.25, -0.2) is 0 Å². The molecule has 2 unspecified atom stereocenters. The zero-order valence-electron chi connectivity index (χ0n) is 14.6. The summed E-state index contributed by atoms with van der Waals surface area (Å²) in [6.07, 6.45) is -4.76. The number of carbonyl (C=O) groups is 1. The number of azide groups is 1. The molecule has 26 heavy (non-hydrogen) atoms. The van der Waals surface area contributed by atoms with Gasteiger partial charge in [-0.3, -0.25) is 4.79 Å². The number of hydrogen-bond donors (Lipinski definition) is 4. The molecule has 12 heteroatoms. The van der Waals surface area contributed by atoms with Crippen molar-refractivity contribution in [2.75, 3.05) is 46.2 Å². The molecule has 0 spiro atoms. The van der Waals surface area contributed by atoms with Crippen LogP contribution < -0.4 is 5.32 Å². The molecule has 0 aliphatic carbocycles. The lowest BCUT2D eigenvalue weighted by molar-refractivity contribution is -0.272. The van der Waals surface area contributed by atoms with Crippen LogP contribution in [0.4, 0.5) is 0 Å². The number of aliphatic hydroxyl groups excluding tert-OH is 3. The topological polar surface area (TPSA) is 175 Å². The van der Waals surface area contributed by atoms with E-state index in [-0.39, 0.29) is 19.8 Å². The van der Waals surface area contributed by atoms with Crippen molar-refractivity contribution in [2.24, 2.45) is 5.11 Å². The molecule has 1 aliphatic rings.